The fourth-order valence-corrected chi connectivity index (χ4v) is 2.00. The number of aryl methyl sites for hydroxylation is 1. The lowest BCUT2D eigenvalue weighted by Crippen LogP contribution is -2.17. The number of rotatable bonds is 6. The van der Waals surface area contributed by atoms with E-state index in [-0.39, 0.29) is 5.56 Å². The van der Waals surface area contributed by atoms with E-state index in [1.165, 1.54) is 0 Å². The van der Waals surface area contributed by atoms with Gasteiger partial charge < -0.3 is 14.6 Å². The lowest BCUT2D eigenvalue weighted by Gasteiger charge is -2.10. The number of hydrogen-bond acceptors (Lipinski definition) is 3. The van der Waals surface area contributed by atoms with Crippen LogP contribution in [0.2, 0.25) is 0 Å². The Bertz CT molecular complexity index is 620. The quantitative estimate of drug-likeness (QED) is 0.879. The molecule has 0 aliphatic heterocycles. The van der Waals surface area contributed by atoms with Gasteiger partial charge >= 0.3 is 0 Å². The van der Waals surface area contributed by atoms with Gasteiger partial charge in [0.2, 0.25) is 0 Å². The topological polar surface area (TPSA) is 43.3 Å². The smallest absolute Gasteiger partial charge is 0.250 e. The summed E-state index contributed by atoms with van der Waals surface area (Å²) in [4.78, 5) is 11.5. The summed E-state index contributed by atoms with van der Waals surface area (Å²) in [5.41, 5.74) is 2.11. The van der Waals surface area contributed by atoms with Gasteiger partial charge in [0.15, 0.2) is 0 Å². The number of pyridine rings is 1. The minimum Gasteiger partial charge on any atom is -0.494 e. The number of ether oxygens (including phenoxy) is 1. The van der Waals surface area contributed by atoms with Gasteiger partial charge in [0.1, 0.15) is 5.75 Å². The second kappa shape index (κ2) is 6.80. The number of aromatic nitrogens is 1. The fraction of sp³-hybridized carbons (Fsp3) is 0.312. The van der Waals surface area contributed by atoms with Crippen molar-refractivity contribution in [2.24, 2.45) is 0 Å². The van der Waals surface area contributed by atoms with Gasteiger partial charge in [-0.15, -0.1) is 0 Å². The van der Waals surface area contributed by atoms with E-state index in [4.69, 9.17) is 4.74 Å². The molecule has 1 aromatic carbocycles. The van der Waals surface area contributed by atoms with Crippen molar-refractivity contribution in [1.29, 1.82) is 0 Å². The third kappa shape index (κ3) is 3.63. The molecule has 0 radical (unpaired) electrons. The van der Waals surface area contributed by atoms with Crippen molar-refractivity contribution in [3.05, 3.63) is 58.5 Å². The second-order valence-corrected chi connectivity index (χ2v) is 4.48. The molecule has 4 nitrogen and oxygen atoms in total. The highest BCUT2D eigenvalue weighted by atomic mass is 16.5. The number of anilines is 1. The number of hydrogen-bond donors (Lipinski definition) is 1. The van der Waals surface area contributed by atoms with Gasteiger partial charge in [-0.2, -0.15) is 0 Å². The van der Waals surface area contributed by atoms with Crippen LogP contribution in [-0.4, -0.2) is 11.2 Å². The molecule has 0 aliphatic carbocycles. The zero-order chi connectivity index (χ0) is 14.4. The first-order chi connectivity index (χ1) is 9.72. The van der Waals surface area contributed by atoms with Crippen LogP contribution in [-0.2, 0) is 13.1 Å². The van der Waals surface area contributed by atoms with Crippen LogP contribution in [0.25, 0.3) is 0 Å². The first kappa shape index (κ1) is 14.2. The molecule has 0 unspecified atom stereocenters. The Kier molecular flexibility index (Phi) is 4.82. The molecule has 0 spiro atoms. The molecule has 0 aliphatic rings. The molecular formula is C16H20N2O2. The van der Waals surface area contributed by atoms with Gasteiger partial charge in [-0.25, -0.2) is 0 Å². The van der Waals surface area contributed by atoms with E-state index in [0.29, 0.717) is 19.7 Å². The fourth-order valence-electron chi connectivity index (χ4n) is 2.00. The van der Waals surface area contributed by atoms with E-state index in [2.05, 4.69) is 5.32 Å². The third-order valence-electron chi connectivity index (χ3n) is 3.03. The minimum absolute atomic E-state index is 0.0244. The Balaban J connectivity index is 2.04. The zero-order valence-corrected chi connectivity index (χ0v) is 11.9. The van der Waals surface area contributed by atoms with Gasteiger partial charge in [0.25, 0.3) is 5.56 Å². The molecule has 0 saturated carbocycles. The third-order valence-corrected chi connectivity index (χ3v) is 3.03. The van der Waals surface area contributed by atoms with Crippen molar-refractivity contribution < 1.29 is 4.74 Å². The van der Waals surface area contributed by atoms with E-state index >= 15 is 0 Å². The highest BCUT2D eigenvalue weighted by Crippen LogP contribution is 2.14. The van der Waals surface area contributed by atoms with Gasteiger partial charge in [0, 0.05) is 25.4 Å². The van der Waals surface area contributed by atoms with Crippen LogP contribution in [0.1, 0.15) is 19.4 Å². The SMILES string of the molecule is CCOc1cccc(CNc2ccc(=O)n(CC)c2)c1. The van der Waals surface area contributed by atoms with Crippen molar-refractivity contribution in [1.82, 2.24) is 4.57 Å². The lowest BCUT2D eigenvalue weighted by molar-refractivity contribution is 0.340. The predicted molar refractivity (Wildman–Crippen MR) is 81.3 cm³/mol. The standard InChI is InChI=1S/C16H20N2O2/c1-3-18-12-14(8-9-16(18)19)17-11-13-6-5-7-15(10-13)20-4-2/h5-10,12,17H,3-4,11H2,1-2H3. The minimum atomic E-state index is 0.0244. The van der Waals surface area contributed by atoms with Crippen molar-refractivity contribution in [3.8, 4) is 5.75 Å². The van der Waals surface area contributed by atoms with Crippen molar-refractivity contribution in [3.63, 3.8) is 0 Å². The lowest BCUT2D eigenvalue weighted by atomic mass is 10.2. The molecule has 2 rings (SSSR count). The van der Waals surface area contributed by atoms with Crippen molar-refractivity contribution in [2.75, 3.05) is 11.9 Å². The molecule has 1 heterocycles. The van der Waals surface area contributed by atoms with Crippen LogP contribution < -0.4 is 15.6 Å². The van der Waals surface area contributed by atoms with E-state index in [0.717, 1.165) is 17.0 Å². The summed E-state index contributed by atoms with van der Waals surface area (Å²) in [6.07, 6.45) is 1.84. The van der Waals surface area contributed by atoms with E-state index in [1.54, 1.807) is 16.7 Å². The molecule has 0 amide bonds. The Labute approximate surface area is 119 Å². The average Bonchev–Trinajstić information content (AvgIpc) is 2.47. The van der Waals surface area contributed by atoms with Crippen LogP contribution in [0.4, 0.5) is 5.69 Å². The molecule has 0 atom stereocenters. The maximum Gasteiger partial charge on any atom is 0.250 e. The van der Waals surface area contributed by atoms with Gasteiger partial charge in [-0.05, 0) is 37.6 Å². The van der Waals surface area contributed by atoms with Crippen molar-refractivity contribution >= 4 is 5.69 Å². The Morgan fingerprint density at radius 2 is 2.05 bits per heavy atom. The van der Waals surface area contributed by atoms with Crippen LogP contribution in [0.3, 0.4) is 0 Å². The van der Waals surface area contributed by atoms with Gasteiger partial charge in [0.05, 0.1) is 12.3 Å². The Morgan fingerprint density at radius 3 is 2.80 bits per heavy atom. The highest BCUT2D eigenvalue weighted by molar-refractivity contribution is 5.41. The normalized spacial score (nSPS) is 10.3. The molecule has 0 saturated heterocycles. The summed E-state index contributed by atoms with van der Waals surface area (Å²) < 4.78 is 7.16. The number of nitrogens with one attached hydrogen (secondary N) is 1. The van der Waals surface area contributed by atoms with Crippen LogP contribution in [0.15, 0.2) is 47.4 Å². The summed E-state index contributed by atoms with van der Waals surface area (Å²) in [7, 11) is 0. The van der Waals surface area contributed by atoms with Crippen molar-refractivity contribution in [2.45, 2.75) is 26.9 Å². The maximum absolute atomic E-state index is 11.5. The molecular weight excluding hydrogens is 252 g/mol. The molecule has 4 heteroatoms. The molecule has 2 aromatic rings. The largest absolute Gasteiger partial charge is 0.494 e. The Morgan fingerprint density at radius 1 is 1.20 bits per heavy atom. The first-order valence-electron chi connectivity index (χ1n) is 6.89. The monoisotopic (exact) mass is 272 g/mol. The Hall–Kier alpha value is -2.23. The first-order valence-corrected chi connectivity index (χ1v) is 6.89. The molecule has 0 fully saturated rings. The predicted octanol–water partition coefficient (Wildman–Crippen LogP) is 2.88. The second-order valence-electron chi connectivity index (χ2n) is 4.48. The molecule has 1 N–H and O–H groups in total. The maximum atomic E-state index is 11.5. The number of benzene rings is 1. The molecule has 1 aromatic heterocycles. The summed E-state index contributed by atoms with van der Waals surface area (Å²) >= 11 is 0. The van der Waals surface area contributed by atoms with E-state index < -0.39 is 0 Å². The average molecular weight is 272 g/mol. The summed E-state index contributed by atoms with van der Waals surface area (Å²) in [6, 6.07) is 11.4. The highest BCUT2D eigenvalue weighted by Gasteiger charge is 1.99. The summed E-state index contributed by atoms with van der Waals surface area (Å²) in [6.45, 7) is 5.96. The van der Waals surface area contributed by atoms with Gasteiger partial charge in [-0.3, -0.25) is 4.79 Å². The van der Waals surface area contributed by atoms with E-state index in [1.807, 2.05) is 44.3 Å². The number of nitrogens with zero attached hydrogens (tertiary/aromatic N) is 1. The van der Waals surface area contributed by atoms with E-state index in [9.17, 15) is 4.79 Å². The van der Waals surface area contributed by atoms with Gasteiger partial charge in [-0.1, -0.05) is 12.1 Å². The summed E-state index contributed by atoms with van der Waals surface area (Å²) in [5, 5.41) is 3.32. The molecule has 106 valence electrons. The van der Waals surface area contributed by atoms with Crippen LogP contribution in [0.5, 0.6) is 5.75 Å². The van der Waals surface area contributed by atoms with Crippen LogP contribution >= 0.6 is 0 Å². The molecule has 0 bridgehead atoms. The zero-order valence-electron chi connectivity index (χ0n) is 11.9. The molecule has 20 heavy (non-hydrogen) atoms. The summed E-state index contributed by atoms with van der Waals surface area (Å²) in [5.74, 6) is 0.880. The van der Waals surface area contributed by atoms with Crippen LogP contribution in [0, 0.1) is 0 Å².